The highest BCUT2D eigenvalue weighted by Gasteiger charge is 2.24. The van der Waals surface area contributed by atoms with Gasteiger partial charge in [-0.1, -0.05) is 0 Å². The Morgan fingerprint density at radius 1 is 1.65 bits per heavy atom. The van der Waals surface area contributed by atoms with Gasteiger partial charge in [0, 0.05) is 29.8 Å². The second-order valence-corrected chi connectivity index (χ2v) is 6.39. The molecule has 20 heavy (non-hydrogen) atoms. The van der Waals surface area contributed by atoms with Crippen molar-refractivity contribution in [3.8, 4) is 0 Å². The van der Waals surface area contributed by atoms with Gasteiger partial charge < -0.3 is 15.3 Å². The number of carboxylic acid groups (broad SMARTS) is 1. The van der Waals surface area contributed by atoms with E-state index in [-0.39, 0.29) is 5.56 Å². The third-order valence-corrected chi connectivity index (χ3v) is 4.12. The van der Waals surface area contributed by atoms with Crippen molar-refractivity contribution in [2.24, 2.45) is 5.92 Å². The number of anilines is 1. The lowest BCUT2D eigenvalue weighted by molar-refractivity contribution is 0.0697. The molecule has 5 nitrogen and oxygen atoms in total. The van der Waals surface area contributed by atoms with Gasteiger partial charge in [0.2, 0.25) is 0 Å². The number of carboxylic acids is 1. The molecular formula is C14H20BrN3O2. The first-order chi connectivity index (χ1) is 9.47. The number of nitrogens with one attached hydrogen (secondary N) is 1. The molecular weight excluding hydrogens is 322 g/mol. The molecule has 1 saturated heterocycles. The monoisotopic (exact) mass is 341 g/mol. The highest BCUT2D eigenvalue weighted by molar-refractivity contribution is 9.10. The molecule has 1 atom stereocenters. The number of aromatic carboxylic acids is 1. The number of likely N-dealkylation sites (tertiary alicyclic amines) is 1. The SMILES string of the molecule is CC(C)N1CCC(CNc2ncc(Br)cc2C(=O)O)C1. The number of nitrogens with zero attached hydrogens (tertiary/aromatic N) is 2. The van der Waals surface area contributed by atoms with Crippen LogP contribution in [0.1, 0.15) is 30.6 Å². The molecule has 1 aliphatic heterocycles. The van der Waals surface area contributed by atoms with Gasteiger partial charge >= 0.3 is 5.97 Å². The van der Waals surface area contributed by atoms with E-state index in [1.165, 1.54) is 0 Å². The zero-order valence-electron chi connectivity index (χ0n) is 11.8. The topological polar surface area (TPSA) is 65.5 Å². The van der Waals surface area contributed by atoms with Gasteiger partial charge in [0.15, 0.2) is 0 Å². The van der Waals surface area contributed by atoms with Crippen LogP contribution in [0.2, 0.25) is 0 Å². The maximum atomic E-state index is 11.2. The minimum atomic E-state index is -0.962. The van der Waals surface area contributed by atoms with E-state index in [2.05, 4.69) is 45.0 Å². The summed E-state index contributed by atoms with van der Waals surface area (Å²) < 4.78 is 0.673. The average Bonchev–Trinajstić information content (AvgIpc) is 2.86. The van der Waals surface area contributed by atoms with Crippen LogP contribution in [-0.4, -0.2) is 46.6 Å². The van der Waals surface area contributed by atoms with Gasteiger partial charge in [-0.2, -0.15) is 0 Å². The molecule has 2 rings (SSSR count). The standard InChI is InChI=1S/C14H20BrN3O2/c1-9(2)18-4-3-10(8-18)6-16-13-12(14(19)20)5-11(15)7-17-13/h5,7,9-10H,3-4,6,8H2,1-2H3,(H,16,17)(H,19,20). The van der Waals surface area contributed by atoms with Crippen molar-refractivity contribution >= 4 is 27.7 Å². The fourth-order valence-electron chi connectivity index (χ4n) is 2.48. The van der Waals surface area contributed by atoms with E-state index < -0.39 is 5.97 Å². The Kier molecular flexibility index (Phi) is 4.99. The molecule has 0 bridgehead atoms. The van der Waals surface area contributed by atoms with Crippen molar-refractivity contribution < 1.29 is 9.90 Å². The van der Waals surface area contributed by atoms with E-state index in [0.717, 1.165) is 26.1 Å². The number of aromatic nitrogens is 1. The fraction of sp³-hybridized carbons (Fsp3) is 0.571. The second kappa shape index (κ2) is 6.54. The number of rotatable bonds is 5. The van der Waals surface area contributed by atoms with Gasteiger partial charge in [0.1, 0.15) is 11.4 Å². The summed E-state index contributed by atoms with van der Waals surface area (Å²) in [5, 5.41) is 12.4. The predicted molar refractivity (Wildman–Crippen MR) is 82.2 cm³/mol. The molecule has 1 aliphatic rings. The van der Waals surface area contributed by atoms with Crippen molar-refractivity contribution in [1.29, 1.82) is 0 Å². The van der Waals surface area contributed by atoms with Crippen LogP contribution in [-0.2, 0) is 0 Å². The van der Waals surface area contributed by atoms with E-state index in [9.17, 15) is 9.90 Å². The minimum Gasteiger partial charge on any atom is -0.478 e. The van der Waals surface area contributed by atoms with Gasteiger partial charge in [0.25, 0.3) is 0 Å². The second-order valence-electron chi connectivity index (χ2n) is 5.48. The van der Waals surface area contributed by atoms with Crippen LogP contribution in [0.4, 0.5) is 5.82 Å². The van der Waals surface area contributed by atoms with Crippen molar-refractivity contribution in [3.63, 3.8) is 0 Å². The Bertz CT molecular complexity index is 493. The van der Waals surface area contributed by atoms with Crippen molar-refractivity contribution in [2.45, 2.75) is 26.3 Å². The summed E-state index contributed by atoms with van der Waals surface area (Å²) >= 11 is 3.25. The van der Waals surface area contributed by atoms with Crippen LogP contribution < -0.4 is 5.32 Å². The van der Waals surface area contributed by atoms with Gasteiger partial charge in [-0.05, 0) is 54.7 Å². The van der Waals surface area contributed by atoms with Crippen molar-refractivity contribution in [2.75, 3.05) is 25.0 Å². The summed E-state index contributed by atoms with van der Waals surface area (Å²) in [6.45, 7) is 7.34. The molecule has 0 amide bonds. The third kappa shape index (κ3) is 3.70. The predicted octanol–water partition coefficient (Wildman–Crippen LogP) is 2.68. The molecule has 1 unspecified atom stereocenters. The minimum absolute atomic E-state index is 0.207. The smallest absolute Gasteiger partial charge is 0.339 e. The van der Waals surface area contributed by atoms with E-state index in [4.69, 9.17) is 0 Å². The lowest BCUT2D eigenvalue weighted by Gasteiger charge is -2.20. The summed E-state index contributed by atoms with van der Waals surface area (Å²) in [6, 6.07) is 2.15. The summed E-state index contributed by atoms with van der Waals surface area (Å²) in [7, 11) is 0. The summed E-state index contributed by atoms with van der Waals surface area (Å²) in [6.07, 6.45) is 2.76. The largest absolute Gasteiger partial charge is 0.478 e. The van der Waals surface area contributed by atoms with Gasteiger partial charge in [-0.25, -0.2) is 9.78 Å². The van der Waals surface area contributed by atoms with E-state index in [1.807, 2.05) is 0 Å². The van der Waals surface area contributed by atoms with E-state index in [1.54, 1.807) is 12.3 Å². The van der Waals surface area contributed by atoms with Crippen LogP contribution in [0.25, 0.3) is 0 Å². The van der Waals surface area contributed by atoms with Crippen LogP contribution >= 0.6 is 15.9 Å². The first kappa shape index (κ1) is 15.3. The highest BCUT2D eigenvalue weighted by atomic mass is 79.9. The fourth-order valence-corrected chi connectivity index (χ4v) is 2.81. The maximum absolute atomic E-state index is 11.2. The average molecular weight is 342 g/mol. The number of hydrogen-bond donors (Lipinski definition) is 2. The Morgan fingerprint density at radius 3 is 3.00 bits per heavy atom. The van der Waals surface area contributed by atoms with Crippen LogP contribution in [0.5, 0.6) is 0 Å². The van der Waals surface area contributed by atoms with Crippen LogP contribution in [0.3, 0.4) is 0 Å². The zero-order chi connectivity index (χ0) is 14.7. The Hall–Kier alpha value is -1.14. The molecule has 0 saturated carbocycles. The molecule has 110 valence electrons. The van der Waals surface area contributed by atoms with Gasteiger partial charge in [-0.3, -0.25) is 0 Å². The molecule has 1 aromatic heterocycles. The molecule has 0 spiro atoms. The maximum Gasteiger partial charge on any atom is 0.339 e. The number of pyridine rings is 1. The van der Waals surface area contributed by atoms with E-state index >= 15 is 0 Å². The first-order valence-electron chi connectivity index (χ1n) is 6.84. The molecule has 2 heterocycles. The van der Waals surface area contributed by atoms with Gasteiger partial charge in [0.05, 0.1) is 0 Å². The normalized spacial score (nSPS) is 19.5. The number of hydrogen-bond acceptors (Lipinski definition) is 4. The Morgan fingerprint density at radius 2 is 2.40 bits per heavy atom. The highest BCUT2D eigenvalue weighted by Crippen LogP contribution is 2.21. The molecule has 1 aromatic rings. The molecule has 2 N–H and O–H groups in total. The molecule has 0 radical (unpaired) electrons. The quantitative estimate of drug-likeness (QED) is 0.861. The zero-order valence-corrected chi connectivity index (χ0v) is 13.4. The lowest BCUT2D eigenvalue weighted by atomic mass is 10.1. The number of carbonyl (C=O) groups is 1. The molecule has 0 aliphatic carbocycles. The van der Waals surface area contributed by atoms with Crippen LogP contribution in [0, 0.1) is 5.92 Å². The summed E-state index contributed by atoms with van der Waals surface area (Å²) in [4.78, 5) is 17.8. The van der Waals surface area contributed by atoms with Crippen LogP contribution in [0.15, 0.2) is 16.7 Å². The van der Waals surface area contributed by atoms with Gasteiger partial charge in [-0.15, -0.1) is 0 Å². The van der Waals surface area contributed by atoms with E-state index in [0.29, 0.717) is 22.3 Å². The Balaban J connectivity index is 1.96. The third-order valence-electron chi connectivity index (χ3n) is 3.69. The number of halogens is 1. The van der Waals surface area contributed by atoms with Crippen molar-refractivity contribution in [1.82, 2.24) is 9.88 Å². The molecule has 0 aromatic carbocycles. The Labute approximate surface area is 127 Å². The summed E-state index contributed by atoms with van der Waals surface area (Å²) in [5.74, 6) is 0.0321. The molecule has 1 fully saturated rings. The van der Waals surface area contributed by atoms with Crippen molar-refractivity contribution in [3.05, 3.63) is 22.3 Å². The lowest BCUT2D eigenvalue weighted by Crippen LogP contribution is -2.29. The summed E-state index contributed by atoms with van der Waals surface area (Å²) in [5.41, 5.74) is 0.207. The first-order valence-corrected chi connectivity index (χ1v) is 7.63. The molecule has 6 heteroatoms.